The quantitative estimate of drug-likeness (QED) is 0.679. The molecule has 1 aliphatic carbocycles. The summed E-state index contributed by atoms with van der Waals surface area (Å²) in [6.07, 6.45) is 6.79. The number of thioether (sulfide) groups is 1. The van der Waals surface area contributed by atoms with Crippen molar-refractivity contribution in [1.29, 1.82) is 0 Å². The number of benzene rings is 1. The van der Waals surface area contributed by atoms with Gasteiger partial charge in [-0.15, -0.1) is 0 Å². The molecule has 0 unspecified atom stereocenters. The number of ether oxygens (including phenoxy) is 1. The molecular weight excluding hydrogens is 374 g/mol. The Kier molecular flexibility index (Phi) is 7.77. The number of amides is 1. The third-order valence-electron chi connectivity index (χ3n) is 4.11. The third kappa shape index (κ3) is 6.38. The van der Waals surface area contributed by atoms with Crippen LogP contribution in [-0.4, -0.2) is 30.1 Å². The smallest absolute Gasteiger partial charge is 0.257 e. The fraction of sp³-hybridized carbons (Fsp3) is 0.611. The number of aryl methyl sites for hydroxylation is 2. The minimum absolute atomic E-state index is 0.0486. The van der Waals surface area contributed by atoms with Crippen molar-refractivity contribution in [1.82, 2.24) is 5.32 Å². The molecule has 1 aliphatic rings. The van der Waals surface area contributed by atoms with E-state index in [2.05, 4.69) is 21.2 Å². The molecule has 1 fully saturated rings. The van der Waals surface area contributed by atoms with Gasteiger partial charge in [0.05, 0.1) is 0 Å². The zero-order chi connectivity index (χ0) is 16.7. The second kappa shape index (κ2) is 9.58. The molecule has 0 aliphatic heterocycles. The van der Waals surface area contributed by atoms with E-state index in [0.717, 1.165) is 38.9 Å². The van der Waals surface area contributed by atoms with Gasteiger partial charge in [-0.05, 0) is 49.9 Å². The molecular formula is C18H26BrNO2S. The largest absolute Gasteiger partial charge is 0.484 e. The second-order valence-corrected chi connectivity index (χ2v) is 8.34. The second-order valence-electron chi connectivity index (χ2n) is 6.14. The first kappa shape index (κ1) is 18.7. The van der Waals surface area contributed by atoms with Crippen molar-refractivity contribution in [2.24, 2.45) is 0 Å². The Morgan fingerprint density at radius 1 is 1.26 bits per heavy atom. The van der Waals surface area contributed by atoms with Crippen LogP contribution in [0.4, 0.5) is 0 Å². The molecule has 1 N–H and O–H groups in total. The number of carbonyl (C=O) groups excluding carboxylic acids is 1. The van der Waals surface area contributed by atoms with Crippen LogP contribution < -0.4 is 10.1 Å². The van der Waals surface area contributed by atoms with Gasteiger partial charge < -0.3 is 10.1 Å². The maximum absolute atomic E-state index is 11.8. The molecule has 1 amide bonds. The maximum atomic E-state index is 11.8. The Morgan fingerprint density at radius 2 is 1.91 bits per heavy atom. The molecule has 23 heavy (non-hydrogen) atoms. The molecule has 1 aromatic rings. The summed E-state index contributed by atoms with van der Waals surface area (Å²) in [5.74, 6) is 1.69. The summed E-state index contributed by atoms with van der Waals surface area (Å²) in [4.78, 5) is 11.8. The zero-order valence-corrected chi connectivity index (χ0v) is 16.4. The third-order valence-corrected chi connectivity index (χ3v) is 6.74. The van der Waals surface area contributed by atoms with E-state index in [0.29, 0.717) is 0 Å². The topological polar surface area (TPSA) is 38.3 Å². The molecule has 0 aromatic heterocycles. The minimum Gasteiger partial charge on any atom is -0.484 e. The standard InChI is InChI=1S/C18H26BrNO2S/c1-13-10-15(11-14(2)18(13)19)22-12-17(21)20-8-9-23-16-6-4-3-5-7-16/h10-11,16H,3-9,12H2,1-2H3,(H,20,21). The SMILES string of the molecule is Cc1cc(OCC(=O)NCCSC2CCCCC2)cc(C)c1Br. The van der Waals surface area contributed by atoms with E-state index in [1.165, 1.54) is 32.1 Å². The van der Waals surface area contributed by atoms with Gasteiger partial charge in [0, 0.05) is 22.0 Å². The summed E-state index contributed by atoms with van der Waals surface area (Å²) in [7, 11) is 0. The monoisotopic (exact) mass is 399 g/mol. The van der Waals surface area contributed by atoms with E-state index in [9.17, 15) is 4.79 Å². The fourth-order valence-electron chi connectivity index (χ4n) is 2.84. The van der Waals surface area contributed by atoms with Gasteiger partial charge in [-0.3, -0.25) is 4.79 Å². The Bertz CT molecular complexity index is 507. The predicted molar refractivity (Wildman–Crippen MR) is 101 cm³/mol. The van der Waals surface area contributed by atoms with Gasteiger partial charge in [0.1, 0.15) is 5.75 Å². The Morgan fingerprint density at radius 3 is 2.57 bits per heavy atom. The summed E-state index contributed by atoms with van der Waals surface area (Å²) >= 11 is 5.53. The molecule has 0 atom stereocenters. The predicted octanol–water partition coefficient (Wildman–Crippen LogP) is 4.63. The number of hydrogen-bond acceptors (Lipinski definition) is 3. The number of rotatable bonds is 7. The van der Waals surface area contributed by atoms with Crippen LogP contribution in [0.1, 0.15) is 43.2 Å². The van der Waals surface area contributed by atoms with E-state index in [1.54, 1.807) is 0 Å². The van der Waals surface area contributed by atoms with Crippen LogP contribution in [0.5, 0.6) is 5.75 Å². The highest BCUT2D eigenvalue weighted by molar-refractivity contribution is 9.10. The van der Waals surface area contributed by atoms with Crippen LogP contribution in [0, 0.1) is 13.8 Å². The van der Waals surface area contributed by atoms with Crippen LogP contribution >= 0.6 is 27.7 Å². The van der Waals surface area contributed by atoms with E-state index in [-0.39, 0.29) is 12.5 Å². The van der Waals surface area contributed by atoms with Crippen molar-refractivity contribution in [2.75, 3.05) is 18.9 Å². The summed E-state index contributed by atoms with van der Waals surface area (Å²) in [6.45, 7) is 4.84. The average molecular weight is 400 g/mol. The van der Waals surface area contributed by atoms with Gasteiger partial charge in [0.2, 0.25) is 0 Å². The van der Waals surface area contributed by atoms with Gasteiger partial charge in [-0.2, -0.15) is 11.8 Å². The van der Waals surface area contributed by atoms with Gasteiger partial charge >= 0.3 is 0 Å². The van der Waals surface area contributed by atoms with Crippen LogP contribution in [0.2, 0.25) is 0 Å². The molecule has 0 bridgehead atoms. The number of halogens is 1. The van der Waals surface area contributed by atoms with Crippen molar-refractivity contribution in [3.63, 3.8) is 0 Å². The molecule has 0 saturated heterocycles. The molecule has 3 nitrogen and oxygen atoms in total. The number of nitrogens with one attached hydrogen (secondary N) is 1. The van der Waals surface area contributed by atoms with E-state index in [1.807, 2.05) is 37.7 Å². The maximum Gasteiger partial charge on any atom is 0.257 e. The molecule has 128 valence electrons. The van der Waals surface area contributed by atoms with Crippen molar-refractivity contribution in [3.8, 4) is 5.75 Å². The van der Waals surface area contributed by atoms with Crippen LogP contribution in [-0.2, 0) is 4.79 Å². The van der Waals surface area contributed by atoms with Gasteiger partial charge in [-0.1, -0.05) is 35.2 Å². The highest BCUT2D eigenvalue weighted by Gasteiger charge is 2.13. The summed E-state index contributed by atoms with van der Waals surface area (Å²) in [5.41, 5.74) is 2.23. The number of carbonyl (C=O) groups is 1. The molecule has 0 radical (unpaired) electrons. The van der Waals surface area contributed by atoms with Crippen molar-refractivity contribution >= 4 is 33.6 Å². The Hall–Kier alpha value is -0.680. The van der Waals surface area contributed by atoms with E-state index < -0.39 is 0 Å². The molecule has 0 spiro atoms. The Balaban J connectivity index is 1.63. The van der Waals surface area contributed by atoms with Crippen molar-refractivity contribution < 1.29 is 9.53 Å². The molecule has 0 heterocycles. The Labute approximate surface area is 152 Å². The highest BCUT2D eigenvalue weighted by atomic mass is 79.9. The average Bonchev–Trinajstić information content (AvgIpc) is 2.55. The van der Waals surface area contributed by atoms with Crippen molar-refractivity contribution in [2.45, 2.75) is 51.2 Å². The number of hydrogen-bond donors (Lipinski definition) is 1. The molecule has 2 rings (SSSR count). The van der Waals surface area contributed by atoms with E-state index >= 15 is 0 Å². The minimum atomic E-state index is -0.0486. The van der Waals surface area contributed by atoms with Crippen molar-refractivity contribution in [3.05, 3.63) is 27.7 Å². The molecule has 1 saturated carbocycles. The van der Waals surface area contributed by atoms with E-state index in [4.69, 9.17) is 4.74 Å². The van der Waals surface area contributed by atoms with Crippen LogP contribution in [0.15, 0.2) is 16.6 Å². The lowest BCUT2D eigenvalue weighted by Gasteiger charge is -2.20. The normalized spacial score (nSPS) is 15.4. The lowest BCUT2D eigenvalue weighted by atomic mass is 10.0. The summed E-state index contributed by atoms with van der Waals surface area (Å²) < 4.78 is 6.68. The first-order valence-electron chi connectivity index (χ1n) is 8.34. The first-order valence-corrected chi connectivity index (χ1v) is 10.2. The lowest BCUT2D eigenvalue weighted by Crippen LogP contribution is -2.31. The summed E-state index contributed by atoms with van der Waals surface area (Å²) in [5, 5.41) is 3.74. The molecule has 1 aromatic carbocycles. The van der Waals surface area contributed by atoms with Gasteiger partial charge in [0.25, 0.3) is 5.91 Å². The highest BCUT2D eigenvalue weighted by Crippen LogP contribution is 2.28. The van der Waals surface area contributed by atoms with Gasteiger partial charge in [0.15, 0.2) is 6.61 Å². The van der Waals surface area contributed by atoms with Gasteiger partial charge in [-0.25, -0.2) is 0 Å². The zero-order valence-electron chi connectivity index (χ0n) is 14.0. The van der Waals surface area contributed by atoms with Crippen LogP contribution in [0.3, 0.4) is 0 Å². The molecule has 5 heteroatoms. The lowest BCUT2D eigenvalue weighted by molar-refractivity contribution is -0.122. The summed E-state index contributed by atoms with van der Waals surface area (Å²) in [6, 6.07) is 3.90. The van der Waals surface area contributed by atoms with Crippen LogP contribution in [0.25, 0.3) is 0 Å². The first-order chi connectivity index (χ1) is 11.1. The fourth-order valence-corrected chi connectivity index (χ4v) is 4.29.